The molecule has 4 aromatic heterocycles. The van der Waals surface area contributed by atoms with Gasteiger partial charge in [-0.3, -0.25) is 14.3 Å². The average molecular weight is 491 g/mol. The van der Waals surface area contributed by atoms with Gasteiger partial charge in [-0.05, 0) is 42.8 Å². The molecule has 5 aromatic rings. The van der Waals surface area contributed by atoms with E-state index in [-0.39, 0.29) is 11.8 Å². The van der Waals surface area contributed by atoms with Crippen molar-refractivity contribution in [1.29, 1.82) is 0 Å². The number of pyridine rings is 1. The zero-order valence-electron chi connectivity index (χ0n) is 18.0. The van der Waals surface area contributed by atoms with Crippen molar-refractivity contribution in [1.82, 2.24) is 19.2 Å². The highest BCUT2D eigenvalue weighted by Crippen LogP contribution is 2.28. The lowest BCUT2D eigenvalue weighted by atomic mass is 10.2. The van der Waals surface area contributed by atoms with Crippen molar-refractivity contribution in [3.8, 4) is 0 Å². The first kappa shape index (κ1) is 21.9. The van der Waals surface area contributed by atoms with Crippen LogP contribution in [0, 0.1) is 6.92 Å². The summed E-state index contributed by atoms with van der Waals surface area (Å²) < 4.78 is 3.66. The van der Waals surface area contributed by atoms with Crippen LogP contribution in [0.1, 0.15) is 31.3 Å². The van der Waals surface area contributed by atoms with Gasteiger partial charge in [-0.1, -0.05) is 29.8 Å². The molecule has 0 aliphatic rings. The van der Waals surface area contributed by atoms with Gasteiger partial charge in [0.05, 0.1) is 44.6 Å². The first-order valence-electron chi connectivity index (χ1n) is 10.4. The Hall–Kier alpha value is -3.95. The number of nitrogens with zero attached hydrogens (tertiary/aromatic N) is 4. The van der Waals surface area contributed by atoms with Gasteiger partial charge in [-0.25, -0.2) is 4.98 Å². The molecule has 1 aromatic carbocycles. The zero-order chi connectivity index (χ0) is 23.7. The molecule has 5 rings (SSSR count). The Morgan fingerprint density at radius 1 is 1.06 bits per heavy atom. The van der Waals surface area contributed by atoms with Gasteiger partial charge in [0.25, 0.3) is 11.8 Å². The standard InChI is InChI=1S/C24H19ClN6O2S/c1-15-10-21(29-23(32)18-6-2-3-7-19(18)25)34-22(15)24(33)28-16-11-26-31(13-16)14-17-12-30-9-5-4-8-20(30)27-17/h2-13H,14H2,1H3,(H,28,33)(H,29,32). The van der Waals surface area contributed by atoms with Crippen molar-refractivity contribution >= 4 is 51.1 Å². The van der Waals surface area contributed by atoms with E-state index >= 15 is 0 Å². The molecule has 0 bridgehead atoms. The smallest absolute Gasteiger partial charge is 0.266 e. The summed E-state index contributed by atoms with van der Waals surface area (Å²) in [6.45, 7) is 2.30. The molecule has 2 N–H and O–H groups in total. The van der Waals surface area contributed by atoms with Crippen LogP contribution >= 0.6 is 22.9 Å². The van der Waals surface area contributed by atoms with E-state index in [2.05, 4.69) is 20.7 Å². The van der Waals surface area contributed by atoms with Gasteiger partial charge < -0.3 is 15.0 Å². The largest absolute Gasteiger partial charge is 0.319 e. The molecule has 0 fully saturated rings. The van der Waals surface area contributed by atoms with Crippen LogP contribution in [0.25, 0.3) is 5.65 Å². The number of amides is 2. The third-order valence-electron chi connectivity index (χ3n) is 5.11. The Balaban J connectivity index is 1.25. The summed E-state index contributed by atoms with van der Waals surface area (Å²) in [5.74, 6) is -0.597. The van der Waals surface area contributed by atoms with Crippen LogP contribution in [0.15, 0.2) is 73.3 Å². The van der Waals surface area contributed by atoms with E-state index in [1.54, 1.807) is 47.4 Å². The van der Waals surface area contributed by atoms with Gasteiger partial charge in [0.1, 0.15) is 5.65 Å². The average Bonchev–Trinajstić information content (AvgIpc) is 3.52. The molecule has 2 amide bonds. The number of rotatable bonds is 6. The van der Waals surface area contributed by atoms with Crippen molar-refractivity contribution in [2.75, 3.05) is 10.6 Å². The molecule has 8 nitrogen and oxygen atoms in total. The van der Waals surface area contributed by atoms with Crippen molar-refractivity contribution in [2.45, 2.75) is 13.5 Å². The third kappa shape index (κ3) is 4.57. The number of hydrogen-bond donors (Lipinski definition) is 2. The highest BCUT2D eigenvalue weighted by molar-refractivity contribution is 7.18. The zero-order valence-corrected chi connectivity index (χ0v) is 19.6. The van der Waals surface area contributed by atoms with Gasteiger partial charge in [0, 0.05) is 18.6 Å². The molecule has 0 aliphatic heterocycles. The number of carbonyl (C=O) groups is 2. The number of halogens is 1. The van der Waals surface area contributed by atoms with Crippen molar-refractivity contribution < 1.29 is 9.59 Å². The Bertz CT molecular complexity index is 1490. The van der Waals surface area contributed by atoms with Gasteiger partial charge in [0.2, 0.25) is 0 Å². The fraction of sp³-hybridized carbons (Fsp3) is 0.0833. The number of aryl methyl sites for hydroxylation is 1. The number of aromatic nitrogens is 4. The quantitative estimate of drug-likeness (QED) is 0.346. The van der Waals surface area contributed by atoms with Crippen LogP contribution in [0.2, 0.25) is 5.02 Å². The van der Waals surface area contributed by atoms with E-state index in [1.165, 1.54) is 11.3 Å². The highest BCUT2D eigenvalue weighted by atomic mass is 35.5. The summed E-state index contributed by atoms with van der Waals surface area (Å²) in [5.41, 5.74) is 3.43. The Labute approximate surface area is 203 Å². The van der Waals surface area contributed by atoms with Crippen molar-refractivity contribution in [2.24, 2.45) is 0 Å². The Morgan fingerprint density at radius 2 is 1.88 bits per heavy atom. The van der Waals surface area contributed by atoms with Crippen LogP contribution in [0.5, 0.6) is 0 Å². The summed E-state index contributed by atoms with van der Waals surface area (Å²) in [7, 11) is 0. The molecule has 0 aliphatic carbocycles. The minimum atomic E-state index is -0.327. The van der Waals surface area contributed by atoms with Crippen LogP contribution in [-0.4, -0.2) is 31.0 Å². The predicted molar refractivity (Wildman–Crippen MR) is 133 cm³/mol. The van der Waals surface area contributed by atoms with E-state index in [9.17, 15) is 9.59 Å². The topological polar surface area (TPSA) is 93.3 Å². The maximum absolute atomic E-state index is 12.9. The lowest BCUT2D eigenvalue weighted by Gasteiger charge is -2.04. The number of fused-ring (bicyclic) bond motifs is 1. The first-order chi connectivity index (χ1) is 16.5. The number of imidazole rings is 1. The first-order valence-corrected chi connectivity index (χ1v) is 11.6. The number of carbonyl (C=O) groups excluding carboxylic acids is 2. The van der Waals surface area contributed by atoms with Crippen LogP contribution in [0.3, 0.4) is 0 Å². The molecule has 0 saturated carbocycles. The lowest BCUT2D eigenvalue weighted by Crippen LogP contribution is -2.11. The molecule has 0 radical (unpaired) electrons. The SMILES string of the molecule is Cc1cc(NC(=O)c2ccccc2Cl)sc1C(=O)Nc1cnn(Cc2cn3ccccc3n2)c1. The summed E-state index contributed by atoms with van der Waals surface area (Å²) in [4.78, 5) is 30.4. The molecule has 4 heterocycles. The number of benzene rings is 1. The third-order valence-corrected chi connectivity index (χ3v) is 6.59. The van der Waals surface area contributed by atoms with E-state index in [1.807, 2.05) is 41.9 Å². The summed E-state index contributed by atoms with van der Waals surface area (Å²) >= 11 is 7.30. The molecule has 170 valence electrons. The second kappa shape index (κ2) is 9.12. The Kier molecular flexibility index (Phi) is 5.87. The van der Waals surface area contributed by atoms with E-state index in [4.69, 9.17) is 11.6 Å². The van der Waals surface area contributed by atoms with Gasteiger partial charge in [-0.15, -0.1) is 11.3 Å². The Morgan fingerprint density at radius 3 is 2.71 bits per heavy atom. The molecule has 10 heteroatoms. The second-order valence-electron chi connectivity index (χ2n) is 7.64. The molecule has 0 atom stereocenters. The van der Waals surface area contributed by atoms with Crippen molar-refractivity contribution in [3.05, 3.63) is 100 Å². The number of anilines is 2. The normalized spacial score (nSPS) is 11.0. The number of nitrogens with one attached hydrogen (secondary N) is 2. The maximum Gasteiger partial charge on any atom is 0.266 e. The minimum absolute atomic E-state index is 0.270. The maximum atomic E-state index is 12.9. The molecule has 0 spiro atoms. The molecule has 34 heavy (non-hydrogen) atoms. The molecular weight excluding hydrogens is 472 g/mol. The van der Waals surface area contributed by atoms with Gasteiger partial charge in [-0.2, -0.15) is 5.10 Å². The second-order valence-corrected chi connectivity index (χ2v) is 9.10. The lowest BCUT2D eigenvalue weighted by molar-refractivity contribution is 0.102. The summed E-state index contributed by atoms with van der Waals surface area (Å²) in [5, 5.41) is 10.9. The molecule has 0 saturated heterocycles. The van der Waals surface area contributed by atoms with Gasteiger partial charge >= 0.3 is 0 Å². The fourth-order valence-corrected chi connectivity index (χ4v) is 4.71. The van der Waals surface area contributed by atoms with E-state index < -0.39 is 0 Å². The number of hydrogen-bond acceptors (Lipinski definition) is 5. The fourth-order valence-electron chi connectivity index (χ4n) is 3.53. The predicted octanol–water partition coefficient (Wildman–Crippen LogP) is 5.11. The monoisotopic (exact) mass is 490 g/mol. The minimum Gasteiger partial charge on any atom is -0.319 e. The summed E-state index contributed by atoms with van der Waals surface area (Å²) in [6.07, 6.45) is 7.24. The molecular formula is C24H19ClN6O2S. The highest BCUT2D eigenvalue weighted by Gasteiger charge is 2.17. The van der Waals surface area contributed by atoms with Crippen molar-refractivity contribution in [3.63, 3.8) is 0 Å². The van der Waals surface area contributed by atoms with E-state index in [0.717, 1.165) is 16.9 Å². The van der Waals surface area contributed by atoms with Gasteiger partial charge in [0.15, 0.2) is 0 Å². The van der Waals surface area contributed by atoms with Crippen LogP contribution in [0.4, 0.5) is 10.7 Å². The van der Waals surface area contributed by atoms with Crippen LogP contribution in [-0.2, 0) is 6.54 Å². The molecule has 0 unspecified atom stereocenters. The van der Waals surface area contributed by atoms with E-state index in [0.29, 0.717) is 32.7 Å². The number of thiophene rings is 1. The summed E-state index contributed by atoms with van der Waals surface area (Å²) in [6, 6.07) is 14.4. The van der Waals surface area contributed by atoms with Crippen LogP contribution < -0.4 is 10.6 Å².